The van der Waals surface area contributed by atoms with E-state index in [0.717, 1.165) is 43.2 Å². The molecule has 0 saturated heterocycles. The van der Waals surface area contributed by atoms with Crippen LogP contribution < -0.4 is 0 Å². The molecule has 176 valence electrons. The lowest BCUT2D eigenvalue weighted by atomic mass is 9.49. The Hall–Kier alpha value is -2.17. The van der Waals surface area contributed by atoms with Gasteiger partial charge in [0.25, 0.3) is 0 Å². The highest BCUT2D eigenvalue weighted by molar-refractivity contribution is 5.99. The predicted molar refractivity (Wildman–Crippen MR) is 124 cm³/mol. The van der Waals surface area contributed by atoms with Crippen LogP contribution in [0.25, 0.3) is 0 Å². The van der Waals surface area contributed by atoms with Crippen molar-refractivity contribution in [2.45, 2.75) is 90.9 Å². The lowest BCUT2D eigenvalue weighted by molar-refractivity contribution is -0.161. The third-order valence-electron chi connectivity index (χ3n) is 7.96. The molecule has 0 spiro atoms. The average molecular weight is 443 g/mol. The Morgan fingerprint density at radius 1 is 1.12 bits per heavy atom. The molecule has 0 aromatic heterocycles. The quantitative estimate of drug-likeness (QED) is 0.411. The third-order valence-corrected chi connectivity index (χ3v) is 7.96. The topological polar surface area (TPSA) is 69.7 Å². The number of benzene rings is 1. The summed E-state index contributed by atoms with van der Waals surface area (Å²) in [5, 5.41) is 0. The number of ether oxygens (including phenoxy) is 2. The van der Waals surface area contributed by atoms with Crippen LogP contribution in [0, 0.1) is 11.3 Å². The van der Waals surface area contributed by atoms with E-state index in [1.54, 1.807) is 6.92 Å². The summed E-state index contributed by atoms with van der Waals surface area (Å²) < 4.78 is 10.2. The van der Waals surface area contributed by atoms with Crippen molar-refractivity contribution in [1.82, 2.24) is 0 Å². The van der Waals surface area contributed by atoms with Gasteiger partial charge in [0.2, 0.25) is 0 Å². The van der Waals surface area contributed by atoms with E-state index in [0.29, 0.717) is 6.61 Å². The Balaban J connectivity index is 2.03. The fraction of sp³-hybridized carbons (Fsp3) is 0.667. The summed E-state index contributed by atoms with van der Waals surface area (Å²) in [5.74, 6) is -0.0866. The minimum atomic E-state index is -0.510. The minimum Gasteiger partial charge on any atom is -0.469 e. The zero-order chi connectivity index (χ0) is 23.7. The van der Waals surface area contributed by atoms with E-state index in [1.807, 2.05) is 0 Å². The van der Waals surface area contributed by atoms with E-state index in [1.165, 1.54) is 18.2 Å². The Labute approximate surface area is 192 Å². The average Bonchev–Trinajstić information content (AvgIpc) is 2.76. The highest BCUT2D eigenvalue weighted by Gasteiger charge is 2.55. The second-order valence-corrected chi connectivity index (χ2v) is 10.3. The fourth-order valence-corrected chi connectivity index (χ4v) is 6.32. The molecule has 0 aliphatic heterocycles. The van der Waals surface area contributed by atoms with Gasteiger partial charge in [-0.3, -0.25) is 14.4 Å². The molecule has 5 nitrogen and oxygen atoms in total. The molecule has 0 N–H and O–H groups in total. The van der Waals surface area contributed by atoms with E-state index in [-0.39, 0.29) is 47.8 Å². The van der Waals surface area contributed by atoms with E-state index < -0.39 is 5.41 Å². The van der Waals surface area contributed by atoms with Crippen LogP contribution in [0.5, 0.6) is 0 Å². The molecule has 0 heterocycles. The van der Waals surface area contributed by atoms with Crippen LogP contribution in [-0.2, 0) is 30.9 Å². The number of esters is 2. The summed E-state index contributed by atoms with van der Waals surface area (Å²) >= 11 is 0. The first-order chi connectivity index (χ1) is 15.1. The first kappa shape index (κ1) is 24.5. The molecular weight excluding hydrogens is 404 g/mol. The van der Waals surface area contributed by atoms with Crippen LogP contribution in [0.2, 0.25) is 0 Å². The summed E-state index contributed by atoms with van der Waals surface area (Å²) in [6.45, 7) is 10.6. The zero-order valence-electron chi connectivity index (χ0n) is 20.5. The standard InChI is InChI=1S/C27H38O5/c1-7-32-24(29)12-10-22(28)20-16-21-18(15-19(20)17(2)3)9-11-23-26(21,4)13-8-14-27(23,5)25(30)31-6/h15-17,23H,7-14H2,1-6H3. The number of hydrogen-bond donors (Lipinski definition) is 0. The molecule has 1 aromatic rings. The lowest BCUT2D eigenvalue weighted by Crippen LogP contribution is -2.52. The summed E-state index contributed by atoms with van der Waals surface area (Å²) in [6, 6.07) is 4.30. The van der Waals surface area contributed by atoms with Crippen molar-refractivity contribution < 1.29 is 23.9 Å². The van der Waals surface area contributed by atoms with E-state index in [9.17, 15) is 14.4 Å². The normalized spacial score (nSPS) is 26.8. The van der Waals surface area contributed by atoms with Gasteiger partial charge in [0, 0.05) is 12.0 Å². The number of Topliss-reactive ketones (excluding diaryl/α,β-unsaturated/α-hetero) is 1. The SMILES string of the molecule is CCOC(=O)CCC(=O)c1cc2c(cc1C(C)C)CCC1C(C)(C(=O)OC)CCCC21C. The van der Waals surface area contributed by atoms with Gasteiger partial charge in [-0.1, -0.05) is 33.3 Å². The highest BCUT2D eigenvalue weighted by atomic mass is 16.5. The van der Waals surface area contributed by atoms with Crippen molar-refractivity contribution in [3.63, 3.8) is 0 Å². The first-order valence-corrected chi connectivity index (χ1v) is 12.0. The van der Waals surface area contributed by atoms with Crippen LogP contribution in [-0.4, -0.2) is 31.4 Å². The summed E-state index contributed by atoms with van der Waals surface area (Å²) in [6.07, 6.45) is 4.89. The predicted octanol–water partition coefficient (Wildman–Crippen LogP) is 5.52. The molecule has 2 aliphatic rings. The maximum Gasteiger partial charge on any atom is 0.311 e. The molecule has 5 heteroatoms. The first-order valence-electron chi connectivity index (χ1n) is 12.0. The lowest BCUT2D eigenvalue weighted by Gasteiger charge is -2.54. The number of carbonyl (C=O) groups excluding carboxylic acids is 3. The number of ketones is 1. The number of hydrogen-bond acceptors (Lipinski definition) is 5. The maximum atomic E-state index is 13.2. The van der Waals surface area contributed by atoms with Crippen molar-refractivity contribution in [3.8, 4) is 0 Å². The number of methoxy groups -OCH3 is 1. The molecule has 0 amide bonds. The zero-order valence-corrected chi connectivity index (χ0v) is 20.5. The summed E-state index contributed by atoms with van der Waals surface area (Å²) in [4.78, 5) is 37.8. The van der Waals surface area contributed by atoms with Gasteiger partial charge >= 0.3 is 11.9 Å². The molecule has 0 bridgehead atoms. The summed E-state index contributed by atoms with van der Waals surface area (Å²) in [7, 11) is 1.48. The fourth-order valence-electron chi connectivity index (χ4n) is 6.32. The van der Waals surface area contributed by atoms with Crippen molar-refractivity contribution >= 4 is 17.7 Å². The van der Waals surface area contributed by atoms with Gasteiger partial charge in [-0.05, 0) is 79.5 Å². The van der Waals surface area contributed by atoms with E-state index >= 15 is 0 Å². The van der Waals surface area contributed by atoms with Crippen molar-refractivity contribution in [3.05, 3.63) is 34.4 Å². The Bertz CT molecular complexity index is 902. The van der Waals surface area contributed by atoms with E-state index in [4.69, 9.17) is 9.47 Å². The number of rotatable bonds is 7. The largest absolute Gasteiger partial charge is 0.469 e. The highest BCUT2D eigenvalue weighted by Crippen LogP contribution is 2.58. The molecule has 3 atom stereocenters. The summed E-state index contributed by atoms with van der Waals surface area (Å²) in [5.41, 5.74) is 3.57. The van der Waals surface area contributed by atoms with Gasteiger partial charge in [0.1, 0.15) is 0 Å². The molecule has 1 aromatic carbocycles. The van der Waals surface area contributed by atoms with Crippen LogP contribution in [0.4, 0.5) is 0 Å². The smallest absolute Gasteiger partial charge is 0.311 e. The van der Waals surface area contributed by atoms with Crippen LogP contribution in [0.3, 0.4) is 0 Å². The van der Waals surface area contributed by atoms with Gasteiger partial charge in [0.05, 0.1) is 25.6 Å². The van der Waals surface area contributed by atoms with Crippen LogP contribution >= 0.6 is 0 Å². The van der Waals surface area contributed by atoms with Crippen LogP contribution in [0.1, 0.15) is 106 Å². The molecule has 1 fully saturated rings. The molecule has 0 radical (unpaired) electrons. The molecule has 3 rings (SSSR count). The minimum absolute atomic E-state index is 0.0122. The number of aryl methyl sites for hydroxylation is 1. The third kappa shape index (κ3) is 4.23. The van der Waals surface area contributed by atoms with Gasteiger partial charge in [-0.2, -0.15) is 0 Å². The molecule has 1 saturated carbocycles. The van der Waals surface area contributed by atoms with Gasteiger partial charge in [-0.25, -0.2) is 0 Å². The second-order valence-electron chi connectivity index (χ2n) is 10.3. The Kier molecular flexibility index (Phi) is 7.16. The maximum absolute atomic E-state index is 13.2. The monoisotopic (exact) mass is 442 g/mol. The Morgan fingerprint density at radius 3 is 2.47 bits per heavy atom. The van der Waals surface area contributed by atoms with Gasteiger partial charge in [0.15, 0.2) is 5.78 Å². The second kappa shape index (κ2) is 9.36. The van der Waals surface area contributed by atoms with Crippen molar-refractivity contribution in [1.29, 1.82) is 0 Å². The number of fused-ring (bicyclic) bond motifs is 3. The van der Waals surface area contributed by atoms with E-state index in [2.05, 4.69) is 39.8 Å². The van der Waals surface area contributed by atoms with Gasteiger partial charge < -0.3 is 9.47 Å². The van der Waals surface area contributed by atoms with Crippen molar-refractivity contribution in [2.24, 2.45) is 11.3 Å². The van der Waals surface area contributed by atoms with Gasteiger partial charge in [-0.15, -0.1) is 0 Å². The molecule has 2 aliphatic carbocycles. The molecule has 32 heavy (non-hydrogen) atoms. The Morgan fingerprint density at radius 2 is 1.84 bits per heavy atom. The van der Waals surface area contributed by atoms with Crippen LogP contribution in [0.15, 0.2) is 12.1 Å². The molecule has 3 unspecified atom stereocenters. The van der Waals surface area contributed by atoms with Crippen molar-refractivity contribution in [2.75, 3.05) is 13.7 Å². The molecular formula is C27H38O5. The number of carbonyl (C=O) groups is 3.